The van der Waals surface area contributed by atoms with Crippen LogP contribution in [0.4, 0.5) is 0 Å². The zero-order valence-electron chi connectivity index (χ0n) is 13.0. The molecule has 0 aromatic carbocycles. The van der Waals surface area contributed by atoms with Gasteiger partial charge >= 0.3 is 5.97 Å². The number of likely N-dealkylation sites (tertiary alicyclic amines) is 1. The average molecular weight is 285 g/mol. The van der Waals surface area contributed by atoms with Crippen LogP contribution < -0.4 is 0 Å². The predicted octanol–water partition coefficient (Wildman–Crippen LogP) is 1.89. The van der Waals surface area contributed by atoms with Crippen LogP contribution in [0.3, 0.4) is 0 Å². The minimum atomic E-state index is -1.04. The summed E-state index contributed by atoms with van der Waals surface area (Å²) in [5, 5.41) is 19.4. The minimum Gasteiger partial charge on any atom is -0.481 e. The molecule has 0 spiro atoms. The van der Waals surface area contributed by atoms with Crippen molar-refractivity contribution in [2.45, 2.75) is 59.0 Å². The van der Waals surface area contributed by atoms with Gasteiger partial charge in [-0.2, -0.15) is 0 Å². The molecule has 1 saturated heterocycles. The van der Waals surface area contributed by atoms with E-state index in [2.05, 4.69) is 0 Å². The number of carbonyl (C=O) groups excluding carboxylic acids is 1. The maximum Gasteiger partial charge on any atom is 0.310 e. The van der Waals surface area contributed by atoms with E-state index in [0.717, 1.165) is 6.42 Å². The fourth-order valence-electron chi connectivity index (χ4n) is 2.47. The van der Waals surface area contributed by atoms with Crippen molar-refractivity contribution in [2.75, 3.05) is 13.1 Å². The number of nitrogens with zero attached hydrogens (tertiary/aromatic N) is 1. The molecule has 1 aliphatic heterocycles. The van der Waals surface area contributed by atoms with Crippen molar-refractivity contribution < 1.29 is 19.8 Å². The van der Waals surface area contributed by atoms with Crippen LogP contribution in [0, 0.1) is 11.3 Å². The Morgan fingerprint density at radius 1 is 1.30 bits per heavy atom. The molecule has 0 radical (unpaired) electrons. The number of hydrogen-bond acceptors (Lipinski definition) is 3. The molecule has 5 heteroatoms. The van der Waals surface area contributed by atoms with Crippen molar-refractivity contribution in [1.82, 2.24) is 4.90 Å². The number of rotatable bonds is 4. The molecule has 1 rings (SSSR count). The number of aliphatic hydroxyl groups is 1. The van der Waals surface area contributed by atoms with Gasteiger partial charge in [-0.25, -0.2) is 0 Å². The van der Waals surface area contributed by atoms with Crippen molar-refractivity contribution in [3.8, 4) is 0 Å². The lowest BCUT2D eigenvalue weighted by atomic mass is 9.76. The fourth-order valence-corrected chi connectivity index (χ4v) is 2.47. The molecule has 1 amide bonds. The van der Waals surface area contributed by atoms with Crippen LogP contribution in [-0.2, 0) is 9.59 Å². The standard InChI is InChI=1S/C15H27NO4/c1-11(2)15(4,13(18)19)10-12(17)16-8-5-6-14(3,20)7-9-16/h11,20H,5-10H2,1-4H3,(H,18,19). The molecule has 2 unspecified atom stereocenters. The molecular formula is C15H27NO4. The number of hydrogen-bond donors (Lipinski definition) is 2. The van der Waals surface area contributed by atoms with Crippen molar-refractivity contribution in [3.05, 3.63) is 0 Å². The van der Waals surface area contributed by atoms with Gasteiger partial charge in [-0.3, -0.25) is 9.59 Å². The van der Waals surface area contributed by atoms with Gasteiger partial charge in [0, 0.05) is 19.5 Å². The first-order chi connectivity index (χ1) is 9.08. The summed E-state index contributed by atoms with van der Waals surface area (Å²) in [6.45, 7) is 8.17. The lowest BCUT2D eigenvalue weighted by Crippen LogP contribution is -2.41. The van der Waals surface area contributed by atoms with E-state index in [4.69, 9.17) is 0 Å². The topological polar surface area (TPSA) is 77.8 Å². The van der Waals surface area contributed by atoms with Gasteiger partial charge in [-0.15, -0.1) is 0 Å². The molecule has 2 N–H and O–H groups in total. The number of carbonyl (C=O) groups is 2. The number of aliphatic carboxylic acids is 1. The molecule has 0 aromatic heterocycles. The molecule has 0 bridgehead atoms. The van der Waals surface area contributed by atoms with Crippen molar-refractivity contribution in [2.24, 2.45) is 11.3 Å². The highest BCUT2D eigenvalue weighted by molar-refractivity contribution is 5.85. The van der Waals surface area contributed by atoms with Crippen LogP contribution in [-0.4, -0.2) is 45.7 Å². The van der Waals surface area contributed by atoms with Gasteiger partial charge in [-0.1, -0.05) is 13.8 Å². The highest BCUT2D eigenvalue weighted by Gasteiger charge is 2.40. The molecule has 0 aliphatic carbocycles. The smallest absolute Gasteiger partial charge is 0.310 e. The van der Waals surface area contributed by atoms with Crippen molar-refractivity contribution in [3.63, 3.8) is 0 Å². The first-order valence-corrected chi connectivity index (χ1v) is 7.32. The third-order valence-electron chi connectivity index (χ3n) is 4.70. The average Bonchev–Trinajstić information content (AvgIpc) is 2.49. The van der Waals surface area contributed by atoms with Gasteiger partial charge in [0.1, 0.15) is 0 Å². The van der Waals surface area contributed by atoms with Gasteiger partial charge < -0.3 is 15.1 Å². The Morgan fingerprint density at radius 3 is 2.40 bits per heavy atom. The normalized spacial score (nSPS) is 27.0. The van der Waals surface area contributed by atoms with Crippen LogP contribution in [0.25, 0.3) is 0 Å². The second-order valence-corrected chi connectivity index (χ2v) is 6.79. The first kappa shape index (κ1) is 17.0. The van der Waals surface area contributed by atoms with Crippen LogP contribution in [0.2, 0.25) is 0 Å². The van der Waals surface area contributed by atoms with E-state index in [-0.39, 0.29) is 18.2 Å². The number of carboxylic acid groups (broad SMARTS) is 1. The Labute approximate surface area is 121 Å². The minimum absolute atomic E-state index is 0.0160. The molecule has 20 heavy (non-hydrogen) atoms. The maximum absolute atomic E-state index is 12.4. The fraction of sp³-hybridized carbons (Fsp3) is 0.867. The maximum atomic E-state index is 12.4. The quantitative estimate of drug-likeness (QED) is 0.827. The molecule has 1 fully saturated rings. The Morgan fingerprint density at radius 2 is 1.90 bits per heavy atom. The monoisotopic (exact) mass is 285 g/mol. The van der Waals surface area contributed by atoms with E-state index in [1.54, 1.807) is 18.7 Å². The third kappa shape index (κ3) is 3.95. The number of carboxylic acids is 1. The highest BCUT2D eigenvalue weighted by Crippen LogP contribution is 2.32. The summed E-state index contributed by atoms with van der Waals surface area (Å²) in [6, 6.07) is 0. The van der Waals surface area contributed by atoms with Gasteiger partial charge in [0.2, 0.25) is 5.91 Å². The zero-order chi connectivity index (χ0) is 15.6. The van der Waals surface area contributed by atoms with Gasteiger partial charge in [0.15, 0.2) is 0 Å². The molecule has 1 heterocycles. The summed E-state index contributed by atoms with van der Waals surface area (Å²) >= 11 is 0. The summed E-state index contributed by atoms with van der Waals surface area (Å²) in [7, 11) is 0. The summed E-state index contributed by atoms with van der Waals surface area (Å²) in [5.74, 6) is -1.16. The van der Waals surface area contributed by atoms with Gasteiger partial charge in [-0.05, 0) is 39.0 Å². The molecule has 1 aliphatic rings. The van der Waals surface area contributed by atoms with E-state index < -0.39 is 17.0 Å². The summed E-state index contributed by atoms with van der Waals surface area (Å²) in [6.07, 6.45) is 1.99. The molecule has 2 atom stereocenters. The third-order valence-corrected chi connectivity index (χ3v) is 4.70. The van der Waals surface area contributed by atoms with E-state index in [9.17, 15) is 19.8 Å². The van der Waals surface area contributed by atoms with Gasteiger partial charge in [0.25, 0.3) is 0 Å². The van der Waals surface area contributed by atoms with Crippen LogP contribution >= 0.6 is 0 Å². The summed E-state index contributed by atoms with van der Waals surface area (Å²) in [5.41, 5.74) is -1.75. The second-order valence-electron chi connectivity index (χ2n) is 6.79. The van der Waals surface area contributed by atoms with Crippen molar-refractivity contribution >= 4 is 11.9 Å². The molecule has 5 nitrogen and oxygen atoms in total. The summed E-state index contributed by atoms with van der Waals surface area (Å²) < 4.78 is 0. The van der Waals surface area contributed by atoms with Crippen LogP contribution in [0.1, 0.15) is 53.4 Å². The Bertz CT molecular complexity index is 378. The molecular weight excluding hydrogens is 258 g/mol. The number of amides is 1. The van der Waals surface area contributed by atoms with Crippen molar-refractivity contribution in [1.29, 1.82) is 0 Å². The molecule has 0 saturated carbocycles. The second kappa shape index (κ2) is 6.12. The molecule has 0 aromatic rings. The lowest BCUT2D eigenvalue weighted by molar-refractivity contribution is -0.155. The summed E-state index contributed by atoms with van der Waals surface area (Å²) in [4.78, 5) is 25.5. The Balaban J connectivity index is 2.73. The lowest BCUT2D eigenvalue weighted by Gasteiger charge is -2.31. The Hall–Kier alpha value is -1.10. The van der Waals surface area contributed by atoms with Gasteiger partial charge in [0.05, 0.1) is 11.0 Å². The van der Waals surface area contributed by atoms with E-state index in [1.807, 2.05) is 13.8 Å². The van der Waals surface area contributed by atoms with E-state index in [1.165, 1.54) is 0 Å². The zero-order valence-corrected chi connectivity index (χ0v) is 13.0. The Kier molecular flexibility index (Phi) is 5.19. The highest BCUT2D eigenvalue weighted by atomic mass is 16.4. The first-order valence-electron chi connectivity index (χ1n) is 7.32. The SMILES string of the molecule is CC(C)C(C)(CC(=O)N1CCCC(C)(O)CC1)C(=O)O. The predicted molar refractivity (Wildman–Crippen MR) is 76.3 cm³/mol. The van der Waals surface area contributed by atoms with E-state index in [0.29, 0.717) is 25.9 Å². The molecule has 116 valence electrons. The van der Waals surface area contributed by atoms with Crippen LogP contribution in [0.5, 0.6) is 0 Å². The largest absolute Gasteiger partial charge is 0.481 e. The van der Waals surface area contributed by atoms with Crippen LogP contribution in [0.15, 0.2) is 0 Å². The van der Waals surface area contributed by atoms with E-state index >= 15 is 0 Å².